The van der Waals surface area contributed by atoms with Gasteiger partial charge in [0.15, 0.2) is 6.29 Å². The Kier molecular flexibility index (Phi) is 3.63. The van der Waals surface area contributed by atoms with E-state index in [4.69, 9.17) is 9.47 Å². The Hall–Kier alpha value is -0.200. The van der Waals surface area contributed by atoms with Crippen LogP contribution in [-0.2, 0) is 9.47 Å². The normalized spacial score (nSPS) is 46.4. The van der Waals surface area contributed by atoms with Crippen molar-refractivity contribution in [2.75, 3.05) is 13.7 Å². The SMILES string of the molecule is COC[C@H]1O[C@H](O)[C@H](O)C(O)[C@@H]1C. The highest BCUT2D eigenvalue weighted by molar-refractivity contribution is 4.85. The number of aliphatic hydroxyl groups is 3. The molecule has 1 unspecified atom stereocenters. The van der Waals surface area contributed by atoms with Crippen LogP contribution >= 0.6 is 0 Å². The Bertz CT molecular complexity index is 163. The highest BCUT2D eigenvalue weighted by atomic mass is 16.6. The van der Waals surface area contributed by atoms with Crippen molar-refractivity contribution in [1.29, 1.82) is 0 Å². The van der Waals surface area contributed by atoms with Crippen LogP contribution in [0.4, 0.5) is 0 Å². The molecule has 0 saturated carbocycles. The summed E-state index contributed by atoms with van der Waals surface area (Å²) in [7, 11) is 1.51. The topological polar surface area (TPSA) is 79.2 Å². The summed E-state index contributed by atoms with van der Waals surface area (Å²) in [5.74, 6) is -0.252. The van der Waals surface area contributed by atoms with Crippen molar-refractivity contribution in [3.8, 4) is 0 Å². The van der Waals surface area contributed by atoms with Crippen LogP contribution in [0.2, 0.25) is 0 Å². The Labute approximate surface area is 76.9 Å². The predicted octanol–water partition coefficient (Wildman–Crippen LogP) is -1.29. The third kappa shape index (κ3) is 2.18. The third-order valence-electron chi connectivity index (χ3n) is 2.41. The predicted molar refractivity (Wildman–Crippen MR) is 43.9 cm³/mol. The van der Waals surface area contributed by atoms with E-state index in [0.717, 1.165) is 0 Å². The maximum Gasteiger partial charge on any atom is 0.183 e. The summed E-state index contributed by atoms with van der Waals surface area (Å²) in [6, 6.07) is 0. The summed E-state index contributed by atoms with van der Waals surface area (Å²) in [6.45, 7) is 2.03. The van der Waals surface area contributed by atoms with Gasteiger partial charge in [0.2, 0.25) is 0 Å². The van der Waals surface area contributed by atoms with E-state index < -0.39 is 18.5 Å². The van der Waals surface area contributed by atoms with Crippen LogP contribution in [0.25, 0.3) is 0 Å². The van der Waals surface area contributed by atoms with Crippen LogP contribution in [0.1, 0.15) is 6.92 Å². The summed E-state index contributed by atoms with van der Waals surface area (Å²) in [6.07, 6.45) is -3.91. The molecule has 5 atom stereocenters. The molecule has 0 radical (unpaired) electrons. The van der Waals surface area contributed by atoms with Gasteiger partial charge < -0.3 is 24.8 Å². The van der Waals surface area contributed by atoms with Crippen molar-refractivity contribution in [3.05, 3.63) is 0 Å². The van der Waals surface area contributed by atoms with Crippen molar-refractivity contribution >= 4 is 0 Å². The minimum atomic E-state index is -1.33. The second kappa shape index (κ2) is 4.34. The minimum absolute atomic E-state index is 0.252. The molecule has 0 spiro atoms. The maximum absolute atomic E-state index is 9.47. The van der Waals surface area contributed by atoms with Gasteiger partial charge >= 0.3 is 0 Å². The van der Waals surface area contributed by atoms with Gasteiger partial charge in [-0.05, 0) is 0 Å². The average molecular weight is 192 g/mol. The highest BCUT2D eigenvalue weighted by Crippen LogP contribution is 2.24. The quantitative estimate of drug-likeness (QED) is 0.507. The Balaban J connectivity index is 2.59. The first-order chi connectivity index (χ1) is 6.07. The second-order valence-corrected chi connectivity index (χ2v) is 3.36. The maximum atomic E-state index is 9.47. The molecule has 0 aromatic rings. The van der Waals surface area contributed by atoms with Crippen LogP contribution in [-0.4, -0.2) is 53.6 Å². The first-order valence-electron chi connectivity index (χ1n) is 4.26. The van der Waals surface area contributed by atoms with Crippen molar-refractivity contribution in [1.82, 2.24) is 0 Å². The van der Waals surface area contributed by atoms with E-state index in [1.807, 2.05) is 0 Å². The number of hydrogen-bond donors (Lipinski definition) is 3. The molecule has 1 aliphatic heterocycles. The number of methoxy groups -OCH3 is 1. The van der Waals surface area contributed by atoms with Gasteiger partial charge in [0.05, 0.1) is 18.8 Å². The van der Waals surface area contributed by atoms with Gasteiger partial charge in [-0.25, -0.2) is 0 Å². The van der Waals surface area contributed by atoms with Crippen LogP contribution in [0.5, 0.6) is 0 Å². The minimum Gasteiger partial charge on any atom is -0.390 e. The molecule has 1 fully saturated rings. The summed E-state index contributed by atoms with van der Waals surface area (Å²) in [4.78, 5) is 0. The van der Waals surface area contributed by atoms with Gasteiger partial charge in [-0.15, -0.1) is 0 Å². The zero-order valence-electron chi connectivity index (χ0n) is 7.75. The molecular weight excluding hydrogens is 176 g/mol. The lowest BCUT2D eigenvalue weighted by atomic mass is 9.91. The number of hydrogen-bond acceptors (Lipinski definition) is 5. The third-order valence-corrected chi connectivity index (χ3v) is 2.41. The lowest BCUT2D eigenvalue weighted by molar-refractivity contribution is -0.272. The molecule has 0 aliphatic carbocycles. The van der Waals surface area contributed by atoms with Crippen LogP contribution in [0, 0.1) is 5.92 Å². The summed E-state index contributed by atoms with van der Waals surface area (Å²) < 4.78 is 9.90. The molecule has 13 heavy (non-hydrogen) atoms. The molecular formula is C8H16O5. The lowest BCUT2D eigenvalue weighted by Gasteiger charge is -2.39. The zero-order valence-corrected chi connectivity index (χ0v) is 7.75. The monoisotopic (exact) mass is 192 g/mol. The molecule has 1 rings (SSSR count). The van der Waals surface area contributed by atoms with Crippen LogP contribution < -0.4 is 0 Å². The average Bonchev–Trinajstić information content (AvgIpc) is 2.11. The highest BCUT2D eigenvalue weighted by Gasteiger charge is 2.41. The van der Waals surface area contributed by atoms with Gasteiger partial charge in [0.25, 0.3) is 0 Å². The summed E-state index contributed by atoms with van der Waals surface area (Å²) in [5.41, 5.74) is 0. The number of aliphatic hydroxyl groups excluding tert-OH is 3. The van der Waals surface area contributed by atoms with E-state index in [0.29, 0.717) is 6.61 Å². The van der Waals surface area contributed by atoms with E-state index >= 15 is 0 Å². The fourth-order valence-corrected chi connectivity index (χ4v) is 1.44. The van der Waals surface area contributed by atoms with E-state index in [9.17, 15) is 15.3 Å². The van der Waals surface area contributed by atoms with E-state index in [1.54, 1.807) is 6.92 Å². The van der Waals surface area contributed by atoms with Crippen molar-refractivity contribution < 1.29 is 24.8 Å². The Morgan fingerprint density at radius 1 is 1.23 bits per heavy atom. The zero-order chi connectivity index (χ0) is 10.0. The summed E-state index contributed by atoms with van der Waals surface area (Å²) >= 11 is 0. The van der Waals surface area contributed by atoms with Crippen molar-refractivity contribution in [2.24, 2.45) is 5.92 Å². The molecule has 5 nitrogen and oxygen atoms in total. The molecule has 0 aromatic heterocycles. The van der Waals surface area contributed by atoms with Crippen LogP contribution in [0.3, 0.4) is 0 Å². The molecule has 0 bridgehead atoms. The molecule has 3 N–H and O–H groups in total. The molecule has 1 saturated heterocycles. The van der Waals surface area contributed by atoms with E-state index in [-0.39, 0.29) is 12.0 Å². The number of rotatable bonds is 2. The van der Waals surface area contributed by atoms with E-state index in [1.165, 1.54) is 7.11 Å². The fraction of sp³-hybridized carbons (Fsp3) is 1.00. The standard InChI is InChI=1S/C8H16O5/c1-4-5(3-12-2)13-8(11)7(10)6(4)9/h4-11H,3H2,1-2H3/t4-,5-,6?,7-,8+/m1/s1. The Morgan fingerprint density at radius 3 is 2.38 bits per heavy atom. The molecule has 78 valence electrons. The number of ether oxygens (including phenoxy) is 2. The second-order valence-electron chi connectivity index (χ2n) is 3.36. The molecule has 0 amide bonds. The van der Waals surface area contributed by atoms with Gasteiger partial charge in [-0.2, -0.15) is 0 Å². The van der Waals surface area contributed by atoms with Gasteiger partial charge in [0.1, 0.15) is 6.10 Å². The first-order valence-corrected chi connectivity index (χ1v) is 4.26. The molecule has 1 aliphatic rings. The molecule has 1 heterocycles. The fourth-order valence-electron chi connectivity index (χ4n) is 1.44. The van der Waals surface area contributed by atoms with E-state index in [2.05, 4.69) is 0 Å². The summed E-state index contributed by atoms with van der Waals surface area (Å²) in [5, 5.41) is 27.9. The van der Waals surface area contributed by atoms with Crippen molar-refractivity contribution in [2.45, 2.75) is 31.5 Å². The largest absolute Gasteiger partial charge is 0.390 e. The van der Waals surface area contributed by atoms with Crippen molar-refractivity contribution in [3.63, 3.8) is 0 Å². The molecule has 5 heteroatoms. The van der Waals surface area contributed by atoms with Gasteiger partial charge in [-0.3, -0.25) is 0 Å². The smallest absolute Gasteiger partial charge is 0.183 e. The van der Waals surface area contributed by atoms with Crippen LogP contribution in [0.15, 0.2) is 0 Å². The molecule has 0 aromatic carbocycles. The Morgan fingerprint density at radius 2 is 1.85 bits per heavy atom. The lowest BCUT2D eigenvalue weighted by Crippen LogP contribution is -2.54. The van der Waals surface area contributed by atoms with Gasteiger partial charge in [-0.1, -0.05) is 6.92 Å². The first kappa shape index (κ1) is 10.9. The van der Waals surface area contributed by atoms with Gasteiger partial charge in [0, 0.05) is 13.0 Å².